The van der Waals surface area contributed by atoms with E-state index in [9.17, 15) is 9.59 Å². The van der Waals surface area contributed by atoms with Crippen molar-refractivity contribution in [1.29, 1.82) is 5.26 Å². The monoisotopic (exact) mass is 361 g/mol. The Morgan fingerprint density at radius 2 is 2.04 bits per heavy atom. The molecule has 1 aliphatic carbocycles. The van der Waals surface area contributed by atoms with Crippen molar-refractivity contribution in [3.63, 3.8) is 0 Å². The molecule has 27 heavy (non-hydrogen) atoms. The van der Waals surface area contributed by atoms with Gasteiger partial charge < -0.3 is 15.4 Å². The van der Waals surface area contributed by atoms with Gasteiger partial charge >= 0.3 is 6.09 Å². The van der Waals surface area contributed by atoms with E-state index < -0.39 is 11.5 Å². The maximum absolute atomic E-state index is 12.3. The molecule has 0 unspecified atom stereocenters. The third-order valence-corrected chi connectivity index (χ3v) is 4.61. The normalized spacial score (nSPS) is 14.3. The van der Waals surface area contributed by atoms with Crippen molar-refractivity contribution in [1.82, 2.24) is 9.97 Å². The minimum absolute atomic E-state index is 0.282. The van der Waals surface area contributed by atoms with Gasteiger partial charge in [0.05, 0.1) is 18.0 Å². The number of carbonyl (C=O) groups is 2. The van der Waals surface area contributed by atoms with E-state index >= 15 is 0 Å². The number of fused-ring (bicyclic) bond motifs is 1. The predicted octanol–water partition coefficient (Wildman–Crippen LogP) is 3.56. The molecule has 8 nitrogen and oxygen atoms in total. The quantitative estimate of drug-likeness (QED) is 0.564. The summed E-state index contributed by atoms with van der Waals surface area (Å²) >= 11 is 0. The third-order valence-electron chi connectivity index (χ3n) is 4.61. The van der Waals surface area contributed by atoms with Crippen molar-refractivity contribution in [3.8, 4) is 17.2 Å². The van der Waals surface area contributed by atoms with Gasteiger partial charge in [0.25, 0.3) is 0 Å². The summed E-state index contributed by atoms with van der Waals surface area (Å²) in [5, 5.41) is 23.9. The van der Waals surface area contributed by atoms with Gasteiger partial charge in [-0.15, -0.1) is 0 Å². The van der Waals surface area contributed by atoms with Crippen molar-refractivity contribution in [3.05, 3.63) is 42.7 Å². The number of benzene rings is 1. The van der Waals surface area contributed by atoms with Crippen LogP contribution in [0.3, 0.4) is 0 Å². The number of hydrogen-bond donors (Lipinski definition) is 4. The van der Waals surface area contributed by atoms with E-state index in [1.54, 1.807) is 18.3 Å². The first-order valence-electron chi connectivity index (χ1n) is 8.31. The number of carboxylic acid groups (broad SMARTS) is 1. The zero-order valence-electron chi connectivity index (χ0n) is 14.1. The molecule has 4 rings (SSSR count). The summed E-state index contributed by atoms with van der Waals surface area (Å²) < 4.78 is 0. The number of rotatable bonds is 4. The van der Waals surface area contributed by atoms with Crippen LogP contribution in [-0.4, -0.2) is 27.1 Å². The van der Waals surface area contributed by atoms with Gasteiger partial charge in [-0.3, -0.25) is 10.1 Å². The van der Waals surface area contributed by atoms with Crippen LogP contribution in [0.15, 0.2) is 42.7 Å². The summed E-state index contributed by atoms with van der Waals surface area (Å²) in [4.78, 5) is 30.4. The lowest BCUT2D eigenvalue weighted by Crippen LogP contribution is -2.22. The number of nitriles is 1. The zero-order valence-corrected chi connectivity index (χ0v) is 14.1. The van der Waals surface area contributed by atoms with Crippen molar-refractivity contribution >= 4 is 34.4 Å². The second kappa shape index (κ2) is 6.14. The van der Waals surface area contributed by atoms with Gasteiger partial charge in [0, 0.05) is 22.8 Å². The molecule has 1 aliphatic rings. The average molecular weight is 361 g/mol. The molecule has 2 aromatic heterocycles. The van der Waals surface area contributed by atoms with Crippen LogP contribution in [-0.2, 0) is 4.79 Å². The Hall–Kier alpha value is -3.86. The Bertz CT molecular complexity index is 1110. The van der Waals surface area contributed by atoms with E-state index in [1.165, 1.54) is 6.20 Å². The van der Waals surface area contributed by atoms with E-state index in [2.05, 4.69) is 26.7 Å². The summed E-state index contributed by atoms with van der Waals surface area (Å²) in [7, 11) is 0. The molecule has 8 heteroatoms. The number of anilines is 2. The first kappa shape index (κ1) is 16.6. The molecule has 0 atom stereocenters. The molecule has 1 fully saturated rings. The summed E-state index contributed by atoms with van der Waals surface area (Å²) in [6.45, 7) is 0. The number of carbonyl (C=O) groups excluding carboxylic acids is 1. The summed E-state index contributed by atoms with van der Waals surface area (Å²) in [5.41, 5.74) is 2.35. The first-order chi connectivity index (χ1) is 13.0. The topological polar surface area (TPSA) is 131 Å². The van der Waals surface area contributed by atoms with Crippen LogP contribution in [0, 0.1) is 16.7 Å². The maximum atomic E-state index is 12.3. The van der Waals surface area contributed by atoms with E-state index in [0.717, 1.165) is 16.5 Å². The molecular formula is C19H15N5O3. The van der Waals surface area contributed by atoms with Gasteiger partial charge in [0.2, 0.25) is 5.91 Å². The maximum Gasteiger partial charge on any atom is 0.409 e. The Morgan fingerprint density at radius 1 is 1.22 bits per heavy atom. The van der Waals surface area contributed by atoms with Gasteiger partial charge in [-0.05, 0) is 36.6 Å². The lowest BCUT2D eigenvalue weighted by atomic mass is 10.0. The van der Waals surface area contributed by atoms with Gasteiger partial charge in [-0.25, -0.2) is 9.78 Å². The Morgan fingerprint density at radius 3 is 2.74 bits per heavy atom. The minimum atomic E-state index is -1.16. The summed E-state index contributed by atoms with van der Waals surface area (Å²) in [6.07, 6.45) is 3.22. The number of aromatic nitrogens is 2. The highest BCUT2D eigenvalue weighted by molar-refractivity contribution is 6.01. The SMILES string of the molecule is N#CC1(C(=O)Nc2cccc(-c3c[nH]c4ncc(NC(=O)O)cc34)c2)CC1. The number of nitrogens with zero attached hydrogens (tertiary/aromatic N) is 2. The van der Waals surface area contributed by atoms with E-state index in [0.29, 0.717) is 29.9 Å². The van der Waals surface area contributed by atoms with E-state index in [-0.39, 0.29) is 5.91 Å². The Kier molecular flexibility index (Phi) is 3.78. The van der Waals surface area contributed by atoms with E-state index in [4.69, 9.17) is 10.4 Å². The highest BCUT2D eigenvalue weighted by Crippen LogP contribution is 2.45. The van der Waals surface area contributed by atoms with Crippen molar-refractivity contribution in [2.75, 3.05) is 10.6 Å². The highest BCUT2D eigenvalue weighted by Gasteiger charge is 2.50. The standard InChI is InChI=1S/C19H15N5O3/c20-10-19(4-5-19)17(25)23-12-3-1-2-11(6-12)15-9-22-16-14(15)7-13(8-21-16)24-18(26)27/h1-3,6-9,24H,4-5H2,(H,21,22)(H,23,25)(H,26,27). The van der Waals surface area contributed by atoms with Crippen LogP contribution in [0.4, 0.5) is 16.2 Å². The number of amides is 2. The molecular weight excluding hydrogens is 346 g/mol. The van der Waals surface area contributed by atoms with Gasteiger partial charge in [-0.1, -0.05) is 12.1 Å². The van der Waals surface area contributed by atoms with Crippen LogP contribution in [0.1, 0.15) is 12.8 Å². The van der Waals surface area contributed by atoms with E-state index in [1.807, 2.05) is 18.2 Å². The minimum Gasteiger partial charge on any atom is -0.465 e. The van der Waals surface area contributed by atoms with Crippen LogP contribution in [0.25, 0.3) is 22.2 Å². The third kappa shape index (κ3) is 3.06. The molecule has 4 N–H and O–H groups in total. The summed E-state index contributed by atoms with van der Waals surface area (Å²) in [6, 6.07) is 11.0. The molecule has 1 aromatic carbocycles. The number of H-pyrrole nitrogens is 1. The van der Waals surface area contributed by atoms with Gasteiger partial charge in [0.15, 0.2) is 0 Å². The predicted molar refractivity (Wildman–Crippen MR) is 99.1 cm³/mol. The van der Waals surface area contributed by atoms with Crippen molar-refractivity contribution in [2.24, 2.45) is 5.41 Å². The van der Waals surface area contributed by atoms with Crippen LogP contribution < -0.4 is 10.6 Å². The lowest BCUT2D eigenvalue weighted by molar-refractivity contribution is -0.119. The summed E-state index contributed by atoms with van der Waals surface area (Å²) in [5.74, 6) is -0.282. The number of nitrogens with one attached hydrogen (secondary N) is 3. The molecule has 134 valence electrons. The van der Waals surface area contributed by atoms with Crippen molar-refractivity contribution in [2.45, 2.75) is 12.8 Å². The average Bonchev–Trinajstić information content (AvgIpc) is 3.35. The first-order valence-corrected chi connectivity index (χ1v) is 8.31. The van der Waals surface area contributed by atoms with Gasteiger partial charge in [-0.2, -0.15) is 5.26 Å². The van der Waals surface area contributed by atoms with Crippen LogP contribution >= 0.6 is 0 Å². The number of hydrogen-bond acceptors (Lipinski definition) is 4. The molecule has 1 saturated carbocycles. The fraction of sp³-hybridized carbons (Fsp3) is 0.158. The molecule has 0 aliphatic heterocycles. The number of aromatic amines is 1. The second-order valence-corrected chi connectivity index (χ2v) is 6.48. The molecule has 0 radical (unpaired) electrons. The molecule has 0 spiro atoms. The van der Waals surface area contributed by atoms with Crippen LogP contribution in [0.2, 0.25) is 0 Å². The molecule has 0 saturated heterocycles. The Labute approximate surface area is 153 Å². The lowest BCUT2D eigenvalue weighted by Gasteiger charge is -2.09. The molecule has 2 amide bonds. The van der Waals surface area contributed by atoms with Gasteiger partial charge in [0.1, 0.15) is 11.1 Å². The largest absolute Gasteiger partial charge is 0.465 e. The second-order valence-electron chi connectivity index (χ2n) is 6.48. The smallest absolute Gasteiger partial charge is 0.409 e. The van der Waals surface area contributed by atoms with Crippen molar-refractivity contribution < 1.29 is 14.7 Å². The number of pyridine rings is 1. The highest BCUT2D eigenvalue weighted by atomic mass is 16.4. The molecule has 0 bridgehead atoms. The molecule has 2 heterocycles. The fourth-order valence-corrected chi connectivity index (χ4v) is 2.96. The van der Waals surface area contributed by atoms with Crippen LogP contribution in [0.5, 0.6) is 0 Å². The molecule has 3 aromatic rings. The Balaban J connectivity index is 1.66. The zero-order chi connectivity index (χ0) is 19.0. The fourth-order valence-electron chi connectivity index (χ4n) is 2.96.